The van der Waals surface area contributed by atoms with Crippen molar-refractivity contribution in [3.63, 3.8) is 0 Å². The fraction of sp³-hybridized carbons (Fsp3) is 0.576. The number of aliphatic hydroxyl groups is 2. The summed E-state index contributed by atoms with van der Waals surface area (Å²) in [5.74, 6) is -15.5. The Morgan fingerprint density at radius 1 is 0.644 bits per heavy atom. The average molecular weight is 1460 g/mol. The molecule has 0 radical (unpaired) electrons. The number of hydrogen-bond donors (Lipinski definition) is 17. The van der Waals surface area contributed by atoms with E-state index in [1.165, 1.54) is 25.4 Å². The number of carbonyl (C=O) groups excluding carboxylic acids is 11. The van der Waals surface area contributed by atoms with Crippen LogP contribution in [0.4, 0.5) is 0 Å². The lowest BCUT2D eigenvalue weighted by Gasteiger charge is -2.28. The fourth-order valence-corrected chi connectivity index (χ4v) is 11.8. The van der Waals surface area contributed by atoms with E-state index in [0.29, 0.717) is 23.4 Å². The number of hydrogen-bond acceptors (Lipinski definition) is 23. The van der Waals surface area contributed by atoms with Crippen LogP contribution >= 0.6 is 0 Å². The van der Waals surface area contributed by atoms with Crippen LogP contribution in [0.15, 0.2) is 79.0 Å². The second-order valence-corrected chi connectivity index (χ2v) is 28.1. The van der Waals surface area contributed by atoms with Crippen LogP contribution in [-0.4, -0.2) is 232 Å². The van der Waals surface area contributed by atoms with E-state index in [-0.39, 0.29) is 76.3 Å². The van der Waals surface area contributed by atoms with Crippen molar-refractivity contribution in [1.82, 2.24) is 74.1 Å². The van der Waals surface area contributed by atoms with Gasteiger partial charge in [-0.1, -0.05) is 81.4 Å². The molecule has 0 aliphatic carbocycles. The Morgan fingerprint density at radius 3 is 1.78 bits per heavy atom. The lowest BCUT2D eigenvalue weighted by Crippen LogP contribution is -2.60. The van der Waals surface area contributed by atoms with Crippen molar-refractivity contribution < 1.29 is 88.9 Å². The zero-order chi connectivity index (χ0) is 74.8. The van der Waals surface area contributed by atoms with Gasteiger partial charge in [-0.3, -0.25) is 66.8 Å². The van der Waals surface area contributed by atoms with Gasteiger partial charge in [0.15, 0.2) is 17.3 Å². The van der Waals surface area contributed by atoms with Gasteiger partial charge in [0.25, 0.3) is 20.2 Å². The molecule has 0 unspecified atom stereocenters. The van der Waals surface area contributed by atoms with E-state index >= 15 is 0 Å². The molecule has 11 atom stereocenters. The SMILES string of the molecule is CCNCC[C@@H]1NC(=O)[C@H](CC(C)C)CC(=O)[C@@H](Cc2ccccc2)NC(=O)[C@H](CCNC)NC(=O)[C@@H](NC(=O)[C@@H](CNC)CC(=O)[C@H](CO)NC(=O)[C@H](CCNCS(=O)(=O)O)CC(=O)c2ccnc(-c3ccccc3)c2)CCNC(=O)[C@H]([C@@H](C)O)NC(=O)[C@H](CCNCS(=O)(=O)O)NC1=O. The van der Waals surface area contributed by atoms with Gasteiger partial charge in [0.05, 0.1) is 30.4 Å². The van der Waals surface area contributed by atoms with Crippen LogP contribution in [-0.2, 0) is 74.6 Å². The van der Waals surface area contributed by atoms with E-state index in [1.807, 2.05) is 0 Å². The van der Waals surface area contributed by atoms with Crippen LogP contribution in [0, 0.1) is 23.7 Å². The highest BCUT2D eigenvalue weighted by Gasteiger charge is 2.38. The van der Waals surface area contributed by atoms with Gasteiger partial charge < -0.3 is 79.3 Å². The third-order valence-electron chi connectivity index (χ3n) is 16.4. The Kier molecular flexibility index (Phi) is 36.9. The molecule has 35 heteroatoms. The van der Waals surface area contributed by atoms with Gasteiger partial charge in [-0.05, 0) is 122 Å². The Balaban J connectivity index is 1.76. The van der Waals surface area contributed by atoms with Gasteiger partial charge in [0, 0.05) is 61.5 Å². The quantitative estimate of drug-likeness (QED) is 0.0158. The molecule has 2 aromatic carbocycles. The molecule has 17 N–H and O–H groups in total. The summed E-state index contributed by atoms with van der Waals surface area (Å²) >= 11 is 0. The molecule has 101 heavy (non-hydrogen) atoms. The third kappa shape index (κ3) is 31.4. The summed E-state index contributed by atoms with van der Waals surface area (Å²) in [7, 11) is -6.07. The summed E-state index contributed by atoms with van der Waals surface area (Å²) in [4.78, 5) is 163. The first-order chi connectivity index (χ1) is 47.9. The predicted molar refractivity (Wildman–Crippen MR) is 372 cm³/mol. The number of aromatic nitrogens is 1. The highest BCUT2D eigenvalue weighted by molar-refractivity contribution is 7.85. The molecule has 0 saturated carbocycles. The smallest absolute Gasteiger partial charge is 0.278 e. The Bertz CT molecular complexity index is 3470. The molecule has 8 amide bonds. The van der Waals surface area contributed by atoms with Crippen molar-refractivity contribution >= 4 is 84.8 Å². The molecule has 2 heterocycles. The van der Waals surface area contributed by atoms with Crippen LogP contribution < -0.4 is 69.1 Å². The van der Waals surface area contributed by atoms with Gasteiger partial charge in [0.2, 0.25) is 47.3 Å². The van der Waals surface area contributed by atoms with Crippen LogP contribution in [0.2, 0.25) is 0 Å². The number of carbonyl (C=O) groups is 11. The van der Waals surface area contributed by atoms with Crippen molar-refractivity contribution in [1.29, 1.82) is 0 Å². The molecule has 560 valence electrons. The highest BCUT2D eigenvalue weighted by Crippen LogP contribution is 2.23. The highest BCUT2D eigenvalue weighted by atomic mass is 32.2. The minimum atomic E-state index is -4.57. The van der Waals surface area contributed by atoms with Gasteiger partial charge in [-0.15, -0.1) is 0 Å². The first-order valence-electron chi connectivity index (χ1n) is 33.5. The maximum atomic E-state index is 14.9. The van der Waals surface area contributed by atoms with E-state index in [1.54, 1.807) is 88.5 Å². The number of rotatable bonds is 36. The Morgan fingerprint density at radius 2 is 1.21 bits per heavy atom. The van der Waals surface area contributed by atoms with Crippen molar-refractivity contribution in [2.45, 2.75) is 140 Å². The van der Waals surface area contributed by atoms with Gasteiger partial charge >= 0.3 is 0 Å². The summed E-state index contributed by atoms with van der Waals surface area (Å²) in [5, 5.41) is 56.0. The van der Waals surface area contributed by atoms with E-state index < -0.39 is 208 Å². The zero-order valence-electron chi connectivity index (χ0n) is 57.8. The average Bonchev–Trinajstić information content (AvgIpc) is 1.15. The second kappa shape index (κ2) is 43.6. The molecule has 1 saturated heterocycles. The number of aliphatic hydroxyl groups excluding tert-OH is 2. The number of nitrogens with zero attached hydrogens (tertiary/aromatic N) is 1. The predicted octanol–water partition coefficient (Wildman–Crippen LogP) is -2.86. The van der Waals surface area contributed by atoms with Gasteiger partial charge in [-0.25, -0.2) is 0 Å². The van der Waals surface area contributed by atoms with Gasteiger partial charge in [-0.2, -0.15) is 16.8 Å². The molecular formula is C66H100N14O19S2. The van der Waals surface area contributed by atoms with Crippen molar-refractivity contribution in [3.05, 3.63) is 90.1 Å². The van der Waals surface area contributed by atoms with E-state index in [2.05, 4.69) is 74.1 Å². The van der Waals surface area contributed by atoms with Crippen molar-refractivity contribution in [2.24, 2.45) is 23.7 Å². The summed E-state index contributed by atoms with van der Waals surface area (Å²) in [6.07, 6.45) is -3.26. The number of benzene rings is 2. The normalized spacial score (nSPS) is 20.9. The third-order valence-corrected chi connectivity index (χ3v) is 17.5. The molecule has 1 aromatic heterocycles. The minimum absolute atomic E-state index is 0.0570. The molecule has 3 aromatic rings. The van der Waals surface area contributed by atoms with Crippen molar-refractivity contribution in [3.8, 4) is 11.3 Å². The van der Waals surface area contributed by atoms with Crippen LogP contribution in [0.3, 0.4) is 0 Å². The van der Waals surface area contributed by atoms with Crippen LogP contribution in [0.5, 0.6) is 0 Å². The monoisotopic (exact) mass is 1460 g/mol. The number of amides is 8. The molecule has 0 spiro atoms. The molecular weight excluding hydrogens is 1360 g/mol. The molecule has 0 bridgehead atoms. The van der Waals surface area contributed by atoms with E-state index in [0.717, 1.165) is 6.92 Å². The fourth-order valence-electron chi connectivity index (χ4n) is 11.0. The van der Waals surface area contributed by atoms with E-state index in [4.69, 9.17) is 0 Å². The maximum absolute atomic E-state index is 14.9. The number of Topliss-reactive ketones (excluding diaryl/α,β-unsaturated/α-hetero) is 3. The lowest BCUT2D eigenvalue weighted by atomic mass is 9.88. The summed E-state index contributed by atoms with van der Waals surface area (Å²) in [6, 6.07) is 9.39. The summed E-state index contributed by atoms with van der Waals surface area (Å²) in [6.45, 7) is 4.87. The molecule has 1 aliphatic heterocycles. The number of nitrogens with one attached hydrogen (secondary N) is 13. The largest absolute Gasteiger partial charge is 0.394 e. The first kappa shape index (κ1) is 85.3. The van der Waals surface area contributed by atoms with Crippen LogP contribution in [0.1, 0.15) is 101 Å². The standard InChI is InChI=1S/C66H100N14O19S2/c1-7-69-26-21-49-62(89)77-50(22-27-71-39-101(97,98)99)65(92)80-58(41(4)82)66(93)73-29-23-51(63(90)76-48(20-24-67-5)64(91)78-53(31-42-14-10-8-11-15-42)56(84)34-46(30-40(2)3)60(87)74-49)75-61(88)47(36-68-6)35-57(85)54(37-81)79-59(86)45(18-25-70-38-100(94,95)96)33-55(83)44-19-28-72-52(32-44)43-16-12-9-13-17-43/h8-17,19,28,32,40-41,45-51,53-54,58,67-71,81-82H,7,18,20-27,29-31,33-39H2,1-6H3,(H,73,93)(H,74,87)(H,75,88)(H,76,90)(H,77,89)(H,78,91)(H,79,86)(H,80,92)(H,94,95,96)(H,97,98,99)/t41-,45-,46-,47-,48+,49+,50+,51+,53-,54+,58+/m1/s1. The lowest BCUT2D eigenvalue weighted by molar-refractivity contribution is -0.136. The van der Waals surface area contributed by atoms with E-state index in [9.17, 15) is 88.9 Å². The van der Waals surface area contributed by atoms with Gasteiger partial charge in [0.1, 0.15) is 48.0 Å². The summed E-state index contributed by atoms with van der Waals surface area (Å²) in [5.41, 5.74) is 1.90. The van der Waals surface area contributed by atoms with Crippen molar-refractivity contribution in [2.75, 3.05) is 78.3 Å². The van der Waals surface area contributed by atoms with Crippen LogP contribution in [0.25, 0.3) is 11.3 Å². The first-order valence-corrected chi connectivity index (χ1v) is 36.7. The topological polar surface area (TPSA) is 506 Å². The zero-order valence-corrected chi connectivity index (χ0v) is 59.4. The minimum Gasteiger partial charge on any atom is -0.394 e. The number of ketones is 3. The second-order valence-electron chi connectivity index (χ2n) is 25.2. The molecule has 33 nitrogen and oxygen atoms in total. The molecule has 1 aliphatic rings. The maximum Gasteiger partial charge on any atom is 0.278 e. The molecule has 1 fully saturated rings. The Labute approximate surface area is 588 Å². The number of pyridine rings is 1. The molecule has 4 rings (SSSR count). The summed E-state index contributed by atoms with van der Waals surface area (Å²) < 4.78 is 65.0. The Hall–Kier alpha value is -8.10.